The molecule has 0 aromatic carbocycles. The van der Waals surface area contributed by atoms with E-state index in [1.807, 2.05) is 4.90 Å². The lowest BCUT2D eigenvalue weighted by atomic mass is 10.1. The summed E-state index contributed by atoms with van der Waals surface area (Å²) in [6, 6.07) is -0.898. The lowest BCUT2D eigenvalue weighted by Crippen LogP contribution is -2.59. The van der Waals surface area contributed by atoms with Crippen molar-refractivity contribution in [2.45, 2.75) is 71.2 Å². The van der Waals surface area contributed by atoms with E-state index in [0.717, 1.165) is 13.1 Å². The molecule has 19 heteroatoms. The molecule has 290 valence electrons. The van der Waals surface area contributed by atoms with Gasteiger partial charge in [-0.2, -0.15) is 0 Å². The molecular formula is C34H49N9O10. The number of nitrogens with zero attached hydrogens (tertiary/aromatic N) is 8. The molecule has 2 aromatic rings. The summed E-state index contributed by atoms with van der Waals surface area (Å²) in [7, 11) is 0. The van der Waals surface area contributed by atoms with Gasteiger partial charge in [-0.3, -0.25) is 14.5 Å². The van der Waals surface area contributed by atoms with Crippen molar-refractivity contribution < 1.29 is 48.4 Å². The van der Waals surface area contributed by atoms with Crippen molar-refractivity contribution >= 4 is 41.8 Å². The molecule has 3 N–H and O–H groups in total. The first kappa shape index (κ1) is 40.6. The maximum atomic E-state index is 13.4. The van der Waals surface area contributed by atoms with Gasteiger partial charge in [0.2, 0.25) is 17.8 Å². The van der Waals surface area contributed by atoms with Crippen molar-refractivity contribution in [2.24, 2.45) is 0 Å². The highest BCUT2D eigenvalue weighted by molar-refractivity contribution is 5.87. The molecular weight excluding hydrogens is 694 g/mol. The maximum Gasteiger partial charge on any atom is 0.407 e. The van der Waals surface area contributed by atoms with Crippen LogP contribution in [-0.2, 0) is 35.1 Å². The third-order valence-corrected chi connectivity index (χ3v) is 8.29. The summed E-state index contributed by atoms with van der Waals surface area (Å²) in [6.07, 6.45) is 4.62. The Kier molecular flexibility index (Phi) is 13.8. The van der Waals surface area contributed by atoms with Crippen molar-refractivity contribution in [1.82, 2.24) is 35.1 Å². The molecule has 0 unspecified atom stereocenters. The number of piperazine rings is 2. The quantitative estimate of drug-likeness (QED) is 0.171. The number of carbonyl (C=O) groups excluding carboxylic acids is 3. The van der Waals surface area contributed by atoms with Crippen LogP contribution in [0.1, 0.15) is 63.4 Å². The number of hydrogen-bond donors (Lipinski definition) is 3. The summed E-state index contributed by atoms with van der Waals surface area (Å²) in [5.41, 5.74) is -1.34. The number of rotatable bonds is 15. The van der Waals surface area contributed by atoms with Gasteiger partial charge in [0, 0.05) is 82.7 Å². The number of aromatic carboxylic acids is 1. The van der Waals surface area contributed by atoms with Crippen LogP contribution in [0, 0.1) is 0 Å². The van der Waals surface area contributed by atoms with E-state index in [4.69, 9.17) is 24.4 Å². The molecule has 0 aliphatic carbocycles. The molecule has 0 spiro atoms. The van der Waals surface area contributed by atoms with Crippen molar-refractivity contribution in [3.05, 3.63) is 35.9 Å². The second-order valence-corrected chi connectivity index (χ2v) is 14.3. The zero-order chi connectivity index (χ0) is 38.8. The fourth-order valence-corrected chi connectivity index (χ4v) is 5.66. The van der Waals surface area contributed by atoms with Crippen LogP contribution in [-0.4, -0.2) is 153 Å². The number of amides is 2. The monoisotopic (exact) mass is 743 g/mol. The zero-order valence-electron chi connectivity index (χ0n) is 30.8. The number of esters is 1. The first-order valence-electron chi connectivity index (χ1n) is 17.4. The second-order valence-electron chi connectivity index (χ2n) is 14.3. The second kappa shape index (κ2) is 18.0. The molecule has 53 heavy (non-hydrogen) atoms. The van der Waals surface area contributed by atoms with Crippen LogP contribution in [0.4, 0.5) is 16.7 Å². The number of anilines is 2. The summed E-state index contributed by atoms with van der Waals surface area (Å²) in [5, 5.41) is 20.6. The van der Waals surface area contributed by atoms with Crippen LogP contribution in [0.2, 0.25) is 0 Å². The molecule has 2 aromatic heterocycles. The Morgan fingerprint density at radius 3 is 2.02 bits per heavy atom. The van der Waals surface area contributed by atoms with E-state index in [1.54, 1.807) is 25.7 Å². The number of carbonyl (C=O) groups is 5. The Hall–Kier alpha value is -5.17. The van der Waals surface area contributed by atoms with Crippen molar-refractivity contribution in [3.63, 3.8) is 0 Å². The van der Waals surface area contributed by atoms with E-state index >= 15 is 0 Å². The number of hydrogen-bond acceptors (Lipinski definition) is 15. The molecule has 2 aliphatic rings. The molecule has 19 nitrogen and oxygen atoms in total. The Labute approximate surface area is 307 Å². The molecule has 2 saturated heterocycles. The average Bonchev–Trinajstić information content (AvgIpc) is 3.09. The number of aliphatic carboxylic acids is 1. The fraction of sp³-hybridized carbons (Fsp3) is 0.618. The average molecular weight is 744 g/mol. The van der Waals surface area contributed by atoms with Crippen LogP contribution in [0.3, 0.4) is 0 Å². The van der Waals surface area contributed by atoms with Gasteiger partial charge in [0.25, 0.3) is 0 Å². The minimum Gasteiger partial charge on any atom is -0.481 e. The van der Waals surface area contributed by atoms with Crippen LogP contribution in [0.25, 0.3) is 0 Å². The SMILES string of the molecule is CC(C)(C)OC(=O)[C@@H]1CN(c2ncc(CNC(=O)OC(C)(C)CC(=O)O)cn2)CCN1C(=O)CCOCCN1CCN(c2ncc(C(=O)O)cn2)CC1. The highest BCUT2D eigenvalue weighted by atomic mass is 16.6. The Morgan fingerprint density at radius 1 is 0.811 bits per heavy atom. The van der Waals surface area contributed by atoms with Gasteiger partial charge in [-0.15, -0.1) is 0 Å². The van der Waals surface area contributed by atoms with Gasteiger partial charge in [0.1, 0.15) is 17.2 Å². The van der Waals surface area contributed by atoms with E-state index in [9.17, 15) is 24.0 Å². The smallest absolute Gasteiger partial charge is 0.407 e. The number of alkyl carbamates (subject to hydrolysis) is 1. The van der Waals surface area contributed by atoms with Crippen molar-refractivity contribution in [1.29, 1.82) is 0 Å². The largest absolute Gasteiger partial charge is 0.481 e. The summed E-state index contributed by atoms with van der Waals surface area (Å²) < 4.78 is 16.7. The predicted octanol–water partition coefficient (Wildman–Crippen LogP) is 1.03. The topological polar surface area (TPSA) is 230 Å². The number of carboxylic acid groups (broad SMARTS) is 2. The molecule has 0 bridgehead atoms. The summed E-state index contributed by atoms with van der Waals surface area (Å²) in [5.74, 6) is -2.09. The van der Waals surface area contributed by atoms with Gasteiger partial charge in [0.05, 0.1) is 38.2 Å². The lowest BCUT2D eigenvalue weighted by Gasteiger charge is -2.41. The van der Waals surface area contributed by atoms with E-state index in [2.05, 4.69) is 30.2 Å². The summed E-state index contributed by atoms with van der Waals surface area (Å²) >= 11 is 0. The molecule has 0 radical (unpaired) electrons. The van der Waals surface area contributed by atoms with E-state index in [0.29, 0.717) is 50.2 Å². The molecule has 4 rings (SSSR count). The predicted molar refractivity (Wildman–Crippen MR) is 188 cm³/mol. The molecule has 2 amide bonds. The Bertz CT molecular complexity index is 1580. The fourth-order valence-electron chi connectivity index (χ4n) is 5.66. The lowest BCUT2D eigenvalue weighted by molar-refractivity contribution is -0.165. The van der Waals surface area contributed by atoms with Crippen LogP contribution in [0.15, 0.2) is 24.8 Å². The van der Waals surface area contributed by atoms with Gasteiger partial charge >= 0.3 is 24.0 Å². The van der Waals surface area contributed by atoms with Gasteiger partial charge in [-0.25, -0.2) is 34.3 Å². The molecule has 2 aliphatic heterocycles. The highest BCUT2D eigenvalue weighted by Crippen LogP contribution is 2.20. The van der Waals surface area contributed by atoms with Gasteiger partial charge < -0.3 is 44.4 Å². The third-order valence-electron chi connectivity index (χ3n) is 8.29. The minimum absolute atomic E-state index is 0.0406. The zero-order valence-corrected chi connectivity index (χ0v) is 30.8. The minimum atomic E-state index is -1.19. The van der Waals surface area contributed by atoms with Gasteiger partial charge in [0.15, 0.2) is 0 Å². The third kappa shape index (κ3) is 12.8. The molecule has 0 saturated carbocycles. The van der Waals surface area contributed by atoms with Crippen LogP contribution in [0.5, 0.6) is 0 Å². The number of carboxylic acids is 2. The number of aromatic nitrogens is 4. The number of ether oxygens (including phenoxy) is 3. The molecule has 4 heterocycles. The number of nitrogens with one attached hydrogen (secondary N) is 1. The first-order valence-corrected chi connectivity index (χ1v) is 17.4. The first-order chi connectivity index (χ1) is 25.0. The Balaban J connectivity index is 1.23. The van der Waals surface area contributed by atoms with Gasteiger partial charge in [-0.1, -0.05) is 0 Å². The van der Waals surface area contributed by atoms with Crippen LogP contribution < -0.4 is 15.1 Å². The standard InChI is InChI=1S/C34H49N9O10/c1-33(2,3)52-29(49)25-22-42(31-35-17-23(18-36-31)19-39-32(50)53-34(4,5)16-27(45)46)11-12-43(25)26(44)6-14-51-15-13-40-7-9-41(10-8-40)30-37-20-24(21-38-30)28(47)48/h17-18,20-21,25H,6-16,19,22H2,1-5H3,(H,39,50)(H,45,46)(H,47,48)/t25-/m0/s1. The summed E-state index contributed by atoms with van der Waals surface area (Å²) in [4.78, 5) is 85.6. The van der Waals surface area contributed by atoms with E-state index in [1.165, 1.54) is 43.5 Å². The Morgan fingerprint density at radius 2 is 1.42 bits per heavy atom. The van der Waals surface area contributed by atoms with E-state index in [-0.39, 0.29) is 50.6 Å². The van der Waals surface area contributed by atoms with Crippen LogP contribution >= 0.6 is 0 Å². The van der Waals surface area contributed by atoms with E-state index < -0.39 is 41.2 Å². The molecule has 2 fully saturated rings. The normalized spacial score (nSPS) is 16.9. The maximum absolute atomic E-state index is 13.4. The van der Waals surface area contributed by atoms with Gasteiger partial charge in [-0.05, 0) is 34.6 Å². The summed E-state index contributed by atoms with van der Waals surface area (Å²) in [6.45, 7) is 13.2. The van der Waals surface area contributed by atoms with Crippen molar-refractivity contribution in [3.8, 4) is 0 Å². The van der Waals surface area contributed by atoms with Crippen molar-refractivity contribution in [2.75, 3.05) is 75.4 Å². The highest BCUT2D eigenvalue weighted by Gasteiger charge is 2.38. The molecule has 1 atom stereocenters.